The molecule has 0 radical (unpaired) electrons. The highest BCUT2D eigenvalue weighted by Crippen LogP contribution is 2.29. The molecule has 0 aromatic heterocycles. The maximum Gasteiger partial charge on any atom is 0.249 e. The number of likely N-dealkylation sites (N-methyl/N-ethyl adjacent to an activating group) is 1. The van der Waals surface area contributed by atoms with Crippen molar-refractivity contribution >= 4 is 34.0 Å². The van der Waals surface area contributed by atoms with Crippen LogP contribution in [-0.4, -0.2) is 43.9 Å². The van der Waals surface area contributed by atoms with Crippen LogP contribution in [0.15, 0.2) is 24.3 Å². The molecule has 0 aliphatic heterocycles. The van der Waals surface area contributed by atoms with Crippen LogP contribution in [0.2, 0.25) is 0 Å². The van der Waals surface area contributed by atoms with Gasteiger partial charge in [0.1, 0.15) is 0 Å². The molecular formula is C16H21N5O2. The van der Waals surface area contributed by atoms with Crippen molar-refractivity contribution in [2.45, 2.75) is 0 Å². The molecule has 7 N–H and O–H groups in total. The molecule has 0 fully saturated rings. The lowest BCUT2D eigenvalue weighted by Gasteiger charge is -2.15. The number of rotatable bonds is 6. The van der Waals surface area contributed by atoms with E-state index >= 15 is 0 Å². The van der Waals surface area contributed by atoms with Crippen LogP contribution in [0.4, 0.5) is 11.4 Å². The molecule has 0 aliphatic rings. The van der Waals surface area contributed by atoms with Gasteiger partial charge >= 0.3 is 0 Å². The van der Waals surface area contributed by atoms with Gasteiger partial charge in [-0.2, -0.15) is 0 Å². The molecule has 23 heavy (non-hydrogen) atoms. The summed E-state index contributed by atoms with van der Waals surface area (Å²) in [6, 6.07) is 6.59. The summed E-state index contributed by atoms with van der Waals surface area (Å²) in [6.45, 7) is 1.52. The fraction of sp³-hybridized carbons (Fsp3) is 0.250. The molecular weight excluding hydrogens is 294 g/mol. The Labute approximate surface area is 134 Å². The minimum Gasteiger partial charge on any atom is -0.399 e. The van der Waals surface area contributed by atoms with Gasteiger partial charge in [0.05, 0.1) is 0 Å². The van der Waals surface area contributed by atoms with E-state index in [1.54, 1.807) is 12.1 Å². The van der Waals surface area contributed by atoms with Gasteiger partial charge in [-0.25, -0.2) is 0 Å². The minimum atomic E-state index is -0.655. The first-order valence-corrected chi connectivity index (χ1v) is 7.15. The molecule has 2 rings (SSSR count). The van der Waals surface area contributed by atoms with Gasteiger partial charge in [-0.15, -0.1) is 0 Å². The molecule has 2 aromatic carbocycles. The van der Waals surface area contributed by atoms with Crippen molar-refractivity contribution in [3.05, 3.63) is 35.4 Å². The van der Waals surface area contributed by atoms with Crippen molar-refractivity contribution in [1.82, 2.24) is 4.90 Å². The number of nitrogens with one attached hydrogen (secondary N) is 1. The summed E-state index contributed by atoms with van der Waals surface area (Å²) in [5.41, 5.74) is 18.3. The minimum absolute atomic E-state index is 0.189. The molecule has 7 heteroatoms. The molecule has 0 saturated carbocycles. The monoisotopic (exact) mass is 315 g/mol. The van der Waals surface area contributed by atoms with E-state index in [9.17, 15) is 9.59 Å². The van der Waals surface area contributed by atoms with Gasteiger partial charge in [0, 0.05) is 41.0 Å². The first-order chi connectivity index (χ1) is 10.8. The number of hydrogen-bond donors (Lipinski definition) is 4. The van der Waals surface area contributed by atoms with E-state index in [1.807, 2.05) is 25.1 Å². The summed E-state index contributed by atoms with van der Waals surface area (Å²) in [5, 5.41) is 4.29. The molecule has 0 spiro atoms. The van der Waals surface area contributed by atoms with Crippen molar-refractivity contribution < 1.29 is 9.59 Å². The van der Waals surface area contributed by atoms with Crippen LogP contribution in [0.1, 0.15) is 20.7 Å². The van der Waals surface area contributed by atoms with Gasteiger partial charge < -0.3 is 27.4 Å². The zero-order valence-electron chi connectivity index (χ0n) is 13.2. The van der Waals surface area contributed by atoms with E-state index in [0.717, 1.165) is 12.2 Å². The van der Waals surface area contributed by atoms with Crippen LogP contribution >= 0.6 is 0 Å². The zero-order valence-corrected chi connectivity index (χ0v) is 13.2. The van der Waals surface area contributed by atoms with Crippen LogP contribution < -0.4 is 22.5 Å². The third-order valence-electron chi connectivity index (χ3n) is 3.49. The number of amides is 2. The number of hydrogen-bond acceptors (Lipinski definition) is 5. The highest BCUT2D eigenvalue weighted by Gasteiger charge is 2.16. The molecule has 0 unspecified atom stereocenters. The summed E-state index contributed by atoms with van der Waals surface area (Å²) >= 11 is 0. The van der Waals surface area contributed by atoms with Crippen molar-refractivity contribution in [3.8, 4) is 0 Å². The molecule has 0 bridgehead atoms. The van der Waals surface area contributed by atoms with E-state index in [0.29, 0.717) is 23.0 Å². The number of carbonyl (C=O) groups excluding carboxylic acids is 2. The Bertz CT molecular complexity index is 771. The molecule has 0 heterocycles. The lowest BCUT2D eigenvalue weighted by Crippen LogP contribution is -2.21. The smallest absolute Gasteiger partial charge is 0.249 e. The predicted octanol–water partition coefficient (Wildman–Crippen LogP) is 0.593. The number of nitrogens with two attached hydrogens (primary N) is 3. The van der Waals surface area contributed by atoms with Crippen LogP contribution in [0, 0.1) is 0 Å². The lowest BCUT2D eigenvalue weighted by molar-refractivity contribution is 0.0998. The van der Waals surface area contributed by atoms with E-state index in [4.69, 9.17) is 17.2 Å². The maximum atomic E-state index is 11.8. The SMILES string of the molecule is CN(C)CCNc1cc(C(N)=O)c2c(C(N)=O)cc(N)cc2c1. The quantitative estimate of drug-likeness (QED) is 0.580. The molecule has 0 saturated heterocycles. The van der Waals surface area contributed by atoms with Gasteiger partial charge in [-0.1, -0.05) is 0 Å². The Morgan fingerprint density at radius 2 is 1.65 bits per heavy atom. The molecule has 7 nitrogen and oxygen atoms in total. The third-order valence-corrected chi connectivity index (χ3v) is 3.49. The molecule has 2 aromatic rings. The van der Waals surface area contributed by atoms with Crippen LogP contribution in [-0.2, 0) is 0 Å². The van der Waals surface area contributed by atoms with Crippen molar-refractivity contribution in [2.75, 3.05) is 38.2 Å². The number of nitrogens with zero attached hydrogens (tertiary/aromatic N) is 1. The fourth-order valence-electron chi connectivity index (χ4n) is 2.45. The van der Waals surface area contributed by atoms with Crippen molar-refractivity contribution in [3.63, 3.8) is 0 Å². The summed E-state index contributed by atoms with van der Waals surface area (Å²) in [7, 11) is 3.94. The molecule has 122 valence electrons. The fourth-order valence-corrected chi connectivity index (χ4v) is 2.45. The van der Waals surface area contributed by atoms with E-state index in [-0.39, 0.29) is 11.1 Å². The van der Waals surface area contributed by atoms with Gasteiger partial charge in [0.25, 0.3) is 0 Å². The Morgan fingerprint density at radius 1 is 1.04 bits per heavy atom. The average Bonchev–Trinajstić information content (AvgIpc) is 2.44. The first-order valence-electron chi connectivity index (χ1n) is 7.15. The van der Waals surface area contributed by atoms with Gasteiger partial charge in [0.15, 0.2) is 0 Å². The number of benzene rings is 2. The van der Waals surface area contributed by atoms with Crippen LogP contribution in [0.25, 0.3) is 10.8 Å². The predicted molar refractivity (Wildman–Crippen MR) is 92.4 cm³/mol. The number of anilines is 2. The largest absolute Gasteiger partial charge is 0.399 e. The summed E-state index contributed by atoms with van der Waals surface area (Å²) in [6.07, 6.45) is 0. The topological polar surface area (TPSA) is 127 Å². The second kappa shape index (κ2) is 6.53. The Balaban J connectivity index is 2.59. The normalized spacial score (nSPS) is 10.9. The third kappa shape index (κ3) is 3.70. The average molecular weight is 315 g/mol. The van der Waals surface area contributed by atoms with Crippen molar-refractivity contribution in [2.24, 2.45) is 11.5 Å². The second-order valence-corrected chi connectivity index (χ2v) is 5.65. The number of primary amides is 2. The first kappa shape index (κ1) is 16.6. The Hall–Kier alpha value is -2.80. The highest BCUT2D eigenvalue weighted by atomic mass is 16.1. The summed E-state index contributed by atoms with van der Waals surface area (Å²) in [5.74, 6) is -1.28. The van der Waals surface area contributed by atoms with Gasteiger partial charge in [-0.3, -0.25) is 9.59 Å². The second-order valence-electron chi connectivity index (χ2n) is 5.65. The Kier molecular flexibility index (Phi) is 4.71. The zero-order chi connectivity index (χ0) is 17.1. The van der Waals surface area contributed by atoms with Crippen LogP contribution in [0.3, 0.4) is 0 Å². The Morgan fingerprint density at radius 3 is 2.22 bits per heavy atom. The van der Waals surface area contributed by atoms with Gasteiger partial charge in [-0.05, 0) is 43.7 Å². The highest BCUT2D eigenvalue weighted by molar-refractivity contribution is 6.16. The van der Waals surface area contributed by atoms with E-state index in [1.165, 1.54) is 6.07 Å². The van der Waals surface area contributed by atoms with E-state index in [2.05, 4.69) is 5.32 Å². The molecule has 0 aliphatic carbocycles. The standard InChI is InChI=1S/C16H21N5O2/c1-21(2)4-3-20-11-6-9-5-10(17)7-12(15(18)22)14(9)13(8-11)16(19)23/h5-8,20H,3-4,17H2,1-2H3,(H2,18,22)(H2,19,23). The number of nitrogen functional groups attached to an aromatic ring is 1. The van der Waals surface area contributed by atoms with E-state index < -0.39 is 11.8 Å². The summed E-state index contributed by atoms with van der Waals surface area (Å²) < 4.78 is 0. The van der Waals surface area contributed by atoms with Crippen LogP contribution in [0.5, 0.6) is 0 Å². The summed E-state index contributed by atoms with van der Waals surface area (Å²) in [4.78, 5) is 25.5. The molecule has 2 amide bonds. The molecule has 0 atom stereocenters. The number of fused-ring (bicyclic) bond motifs is 1. The maximum absolute atomic E-state index is 11.8. The van der Waals surface area contributed by atoms with Crippen molar-refractivity contribution in [1.29, 1.82) is 0 Å². The number of carbonyl (C=O) groups is 2. The van der Waals surface area contributed by atoms with Gasteiger partial charge in [0.2, 0.25) is 11.8 Å². The lowest BCUT2D eigenvalue weighted by atomic mass is 9.96.